The molecule has 1 fully saturated rings. The Morgan fingerprint density at radius 3 is 2.67 bits per heavy atom. The first kappa shape index (κ1) is 16.5. The molecule has 0 amide bonds. The number of sulfonamides is 1. The molecule has 1 saturated carbocycles. The van der Waals surface area contributed by atoms with Crippen LogP contribution in [-0.2, 0) is 23.6 Å². The topological polar surface area (TPSA) is 63.1 Å². The lowest BCUT2D eigenvalue weighted by Crippen LogP contribution is -2.34. The van der Waals surface area contributed by atoms with E-state index in [4.69, 9.17) is 0 Å². The Kier molecular flexibility index (Phi) is 5.46. The van der Waals surface area contributed by atoms with Crippen molar-refractivity contribution in [3.8, 4) is 0 Å². The van der Waals surface area contributed by atoms with E-state index >= 15 is 0 Å². The molecule has 1 atom stereocenters. The number of aryl methyl sites for hydroxylation is 1. The summed E-state index contributed by atoms with van der Waals surface area (Å²) in [5.41, 5.74) is 1.01. The first-order valence-corrected chi connectivity index (χ1v) is 9.35. The van der Waals surface area contributed by atoms with Crippen LogP contribution in [-0.4, -0.2) is 25.1 Å². The lowest BCUT2D eigenvalue weighted by molar-refractivity contribution is 0.512. The molecule has 0 aromatic carbocycles. The van der Waals surface area contributed by atoms with Crippen molar-refractivity contribution >= 4 is 10.0 Å². The normalized spacial score (nSPS) is 17.1. The third-order valence-electron chi connectivity index (χ3n) is 3.99. The standard InChI is InChI=1S/C15H27N3O2S/c1-4-6-12(5-2)17-21(19,20)15-9-14(18(3)11-15)10-16-13-7-8-13/h9,11-13,16-17H,4-8,10H2,1-3H3. The van der Waals surface area contributed by atoms with E-state index in [0.717, 1.165) is 31.5 Å². The molecule has 1 unspecified atom stereocenters. The van der Waals surface area contributed by atoms with Crippen molar-refractivity contribution in [2.24, 2.45) is 7.05 Å². The number of hydrogen-bond acceptors (Lipinski definition) is 3. The molecule has 1 heterocycles. The molecular weight excluding hydrogens is 286 g/mol. The fraction of sp³-hybridized carbons (Fsp3) is 0.733. The number of hydrogen-bond donors (Lipinski definition) is 2. The predicted octanol–water partition coefficient (Wildman–Crippen LogP) is 2.13. The van der Waals surface area contributed by atoms with E-state index in [1.807, 2.05) is 18.5 Å². The van der Waals surface area contributed by atoms with Gasteiger partial charge < -0.3 is 9.88 Å². The average molecular weight is 313 g/mol. The van der Waals surface area contributed by atoms with Crippen molar-refractivity contribution in [3.05, 3.63) is 18.0 Å². The summed E-state index contributed by atoms with van der Waals surface area (Å²) in [6.07, 6.45) is 6.82. The van der Waals surface area contributed by atoms with Gasteiger partial charge in [-0.1, -0.05) is 20.3 Å². The first-order valence-electron chi connectivity index (χ1n) is 7.87. The van der Waals surface area contributed by atoms with Gasteiger partial charge in [-0.25, -0.2) is 13.1 Å². The molecule has 1 aromatic rings. The Bertz CT molecular complexity index is 561. The smallest absolute Gasteiger partial charge is 0.242 e. The summed E-state index contributed by atoms with van der Waals surface area (Å²) in [5.74, 6) is 0. The molecule has 2 N–H and O–H groups in total. The van der Waals surface area contributed by atoms with Gasteiger partial charge in [0.1, 0.15) is 0 Å². The van der Waals surface area contributed by atoms with Crippen LogP contribution in [0.3, 0.4) is 0 Å². The van der Waals surface area contributed by atoms with E-state index in [2.05, 4.69) is 17.0 Å². The Labute approximate surface area is 128 Å². The molecule has 0 spiro atoms. The van der Waals surface area contributed by atoms with Gasteiger partial charge in [-0.05, 0) is 31.7 Å². The second-order valence-electron chi connectivity index (χ2n) is 5.95. The van der Waals surface area contributed by atoms with E-state index in [-0.39, 0.29) is 6.04 Å². The van der Waals surface area contributed by atoms with E-state index in [1.54, 1.807) is 12.3 Å². The van der Waals surface area contributed by atoms with Crippen molar-refractivity contribution in [3.63, 3.8) is 0 Å². The summed E-state index contributed by atoms with van der Waals surface area (Å²) >= 11 is 0. The number of nitrogens with one attached hydrogen (secondary N) is 2. The molecule has 2 rings (SSSR count). The Balaban J connectivity index is 2.06. The van der Waals surface area contributed by atoms with Gasteiger partial charge in [0.25, 0.3) is 0 Å². The third-order valence-corrected chi connectivity index (χ3v) is 5.48. The fourth-order valence-corrected chi connectivity index (χ4v) is 3.87. The highest BCUT2D eigenvalue weighted by Gasteiger charge is 2.23. The Morgan fingerprint density at radius 2 is 2.10 bits per heavy atom. The minimum atomic E-state index is -3.42. The van der Waals surface area contributed by atoms with Gasteiger partial charge >= 0.3 is 0 Å². The van der Waals surface area contributed by atoms with Crippen LogP contribution < -0.4 is 10.0 Å². The lowest BCUT2D eigenvalue weighted by Gasteiger charge is -2.15. The molecular formula is C15H27N3O2S. The second-order valence-corrected chi connectivity index (χ2v) is 7.66. The van der Waals surface area contributed by atoms with Gasteiger partial charge in [0, 0.05) is 37.6 Å². The molecule has 0 saturated heterocycles. The lowest BCUT2D eigenvalue weighted by atomic mass is 10.1. The van der Waals surface area contributed by atoms with Crippen LogP contribution in [0.5, 0.6) is 0 Å². The van der Waals surface area contributed by atoms with Crippen LogP contribution in [0.15, 0.2) is 17.2 Å². The van der Waals surface area contributed by atoms with Gasteiger partial charge in [-0.2, -0.15) is 0 Å². The van der Waals surface area contributed by atoms with Crippen LogP contribution in [0.2, 0.25) is 0 Å². The summed E-state index contributed by atoms with van der Waals surface area (Å²) in [6.45, 7) is 4.81. The highest BCUT2D eigenvalue weighted by atomic mass is 32.2. The van der Waals surface area contributed by atoms with Crippen molar-refractivity contribution < 1.29 is 8.42 Å². The maximum Gasteiger partial charge on any atom is 0.242 e. The van der Waals surface area contributed by atoms with E-state index < -0.39 is 10.0 Å². The second kappa shape index (κ2) is 6.94. The quantitative estimate of drug-likeness (QED) is 0.734. The van der Waals surface area contributed by atoms with Crippen LogP contribution >= 0.6 is 0 Å². The van der Waals surface area contributed by atoms with Crippen molar-refractivity contribution in [1.82, 2.24) is 14.6 Å². The van der Waals surface area contributed by atoms with Gasteiger partial charge in [0.05, 0.1) is 4.90 Å². The molecule has 6 heteroatoms. The van der Waals surface area contributed by atoms with Gasteiger partial charge in [-0.3, -0.25) is 0 Å². The SMILES string of the molecule is CCCC(CC)NS(=O)(=O)c1cc(CNC2CC2)n(C)c1. The summed E-state index contributed by atoms with van der Waals surface area (Å²) in [6, 6.07) is 2.41. The van der Waals surface area contributed by atoms with Crippen LogP contribution in [0.4, 0.5) is 0 Å². The molecule has 120 valence electrons. The molecule has 1 aromatic heterocycles. The Hall–Kier alpha value is -0.850. The number of aromatic nitrogens is 1. The molecule has 0 radical (unpaired) electrons. The van der Waals surface area contributed by atoms with Gasteiger partial charge in [0.15, 0.2) is 0 Å². The average Bonchev–Trinajstić information content (AvgIpc) is 3.18. The van der Waals surface area contributed by atoms with Crippen LogP contribution in [0.25, 0.3) is 0 Å². The zero-order valence-corrected chi connectivity index (χ0v) is 14.0. The zero-order chi connectivity index (χ0) is 15.5. The van der Waals surface area contributed by atoms with Crippen LogP contribution in [0, 0.1) is 0 Å². The first-order chi connectivity index (χ1) is 9.96. The summed E-state index contributed by atoms with van der Waals surface area (Å²) in [7, 11) is -1.52. The van der Waals surface area contributed by atoms with Crippen molar-refractivity contribution in [2.45, 2.75) is 69.5 Å². The third kappa shape index (κ3) is 4.56. The van der Waals surface area contributed by atoms with E-state index in [0.29, 0.717) is 10.9 Å². The minimum Gasteiger partial charge on any atom is -0.352 e. The summed E-state index contributed by atoms with van der Waals surface area (Å²) < 4.78 is 29.6. The monoisotopic (exact) mass is 313 g/mol. The molecule has 5 nitrogen and oxygen atoms in total. The molecule has 21 heavy (non-hydrogen) atoms. The number of rotatable bonds is 9. The minimum absolute atomic E-state index is 0.0215. The molecule has 1 aliphatic rings. The van der Waals surface area contributed by atoms with E-state index in [1.165, 1.54) is 12.8 Å². The maximum absolute atomic E-state index is 12.4. The summed E-state index contributed by atoms with van der Waals surface area (Å²) in [5, 5.41) is 3.41. The zero-order valence-electron chi connectivity index (χ0n) is 13.2. The van der Waals surface area contributed by atoms with E-state index in [9.17, 15) is 8.42 Å². The van der Waals surface area contributed by atoms with Crippen LogP contribution in [0.1, 0.15) is 51.6 Å². The van der Waals surface area contributed by atoms with Crippen molar-refractivity contribution in [1.29, 1.82) is 0 Å². The molecule has 0 aliphatic heterocycles. The highest BCUT2D eigenvalue weighted by molar-refractivity contribution is 7.89. The van der Waals surface area contributed by atoms with Crippen molar-refractivity contribution in [2.75, 3.05) is 0 Å². The van der Waals surface area contributed by atoms with Gasteiger partial charge in [-0.15, -0.1) is 0 Å². The highest BCUT2D eigenvalue weighted by Crippen LogP contribution is 2.20. The Morgan fingerprint density at radius 1 is 1.38 bits per heavy atom. The molecule has 1 aliphatic carbocycles. The molecule has 0 bridgehead atoms. The summed E-state index contributed by atoms with van der Waals surface area (Å²) in [4.78, 5) is 0.368. The maximum atomic E-state index is 12.4. The van der Waals surface area contributed by atoms with Gasteiger partial charge in [0.2, 0.25) is 10.0 Å². The predicted molar refractivity (Wildman–Crippen MR) is 84.6 cm³/mol. The number of nitrogens with zero attached hydrogens (tertiary/aromatic N) is 1. The fourth-order valence-electron chi connectivity index (χ4n) is 2.42. The largest absolute Gasteiger partial charge is 0.352 e.